The third-order valence-corrected chi connectivity index (χ3v) is 4.63. The van der Waals surface area contributed by atoms with Gasteiger partial charge in [-0.05, 0) is 38.0 Å². The van der Waals surface area contributed by atoms with Crippen molar-refractivity contribution in [3.05, 3.63) is 28.2 Å². The van der Waals surface area contributed by atoms with Crippen LogP contribution in [0.1, 0.15) is 25.3 Å². The van der Waals surface area contributed by atoms with Gasteiger partial charge in [-0.25, -0.2) is 0 Å². The fraction of sp³-hybridized carbons (Fsp3) is 0.500. The number of likely N-dealkylation sites (tertiary alicyclic amines) is 1. The lowest BCUT2D eigenvalue weighted by molar-refractivity contribution is -0.147. The van der Waals surface area contributed by atoms with Crippen LogP contribution in [-0.4, -0.2) is 41.6 Å². The number of aliphatic carboxylic acids is 1. The summed E-state index contributed by atoms with van der Waals surface area (Å²) < 4.78 is 6.17. The molecule has 22 heavy (non-hydrogen) atoms. The van der Waals surface area contributed by atoms with Gasteiger partial charge in [0.25, 0.3) is 0 Å². The monoisotopic (exact) mass is 369 g/mol. The Balaban J connectivity index is 2.14. The van der Waals surface area contributed by atoms with Crippen molar-refractivity contribution < 1.29 is 19.4 Å². The predicted molar refractivity (Wildman–Crippen MR) is 85.9 cm³/mol. The number of carboxylic acid groups (broad SMARTS) is 1. The molecular weight excluding hydrogens is 350 g/mol. The van der Waals surface area contributed by atoms with Crippen molar-refractivity contribution in [2.45, 2.75) is 32.2 Å². The molecule has 0 saturated carbocycles. The molecule has 1 aromatic rings. The highest BCUT2D eigenvalue weighted by Crippen LogP contribution is 2.26. The number of carbonyl (C=O) groups is 2. The molecule has 120 valence electrons. The molecule has 0 radical (unpaired) electrons. The summed E-state index contributed by atoms with van der Waals surface area (Å²) in [6, 6.07) is 5.60. The van der Waals surface area contributed by atoms with Crippen LogP contribution >= 0.6 is 15.9 Å². The van der Waals surface area contributed by atoms with Crippen molar-refractivity contribution in [3.8, 4) is 5.75 Å². The largest absolute Gasteiger partial charge is 0.496 e. The molecule has 0 spiro atoms. The Morgan fingerprint density at radius 1 is 1.41 bits per heavy atom. The molecule has 2 rings (SSSR count). The highest BCUT2D eigenvalue weighted by atomic mass is 79.9. The number of halogens is 1. The van der Waals surface area contributed by atoms with E-state index >= 15 is 0 Å². The molecule has 1 amide bonds. The van der Waals surface area contributed by atoms with Gasteiger partial charge in [-0.15, -0.1) is 0 Å². The van der Waals surface area contributed by atoms with Gasteiger partial charge in [-0.1, -0.05) is 15.9 Å². The fourth-order valence-corrected chi connectivity index (χ4v) is 3.21. The molecule has 0 aromatic heterocycles. The van der Waals surface area contributed by atoms with E-state index in [1.54, 1.807) is 12.0 Å². The third-order valence-electron chi connectivity index (χ3n) is 4.14. The summed E-state index contributed by atoms with van der Waals surface area (Å²) in [5.41, 5.74) is 0.798. The molecule has 0 bridgehead atoms. The number of hydrogen-bond donors (Lipinski definition) is 1. The molecule has 1 saturated heterocycles. The zero-order chi connectivity index (χ0) is 16.3. The fourth-order valence-electron chi connectivity index (χ4n) is 2.81. The van der Waals surface area contributed by atoms with E-state index in [2.05, 4.69) is 15.9 Å². The van der Waals surface area contributed by atoms with Crippen LogP contribution in [0.2, 0.25) is 0 Å². The highest BCUT2D eigenvalue weighted by molar-refractivity contribution is 9.10. The normalized spacial score (nSPS) is 21.5. The van der Waals surface area contributed by atoms with E-state index in [0.29, 0.717) is 12.2 Å². The second-order valence-corrected chi connectivity index (χ2v) is 6.56. The van der Waals surface area contributed by atoms with E-state index in [9.17, 15) is 9.59 Å². The molecule has 1 aliphatic rings. The molecule has 0 aliphatic carbocycles. The average molecular weight is 370 g/mol. The van der Waals surface area contributed by atoms with Crippen molar-refractivity contribution in [2.75, 3.05) is 13.7 Å². The summed E-state index contributed by atoms with van der Waals surface area (Å²) in [4.78, 5) is 25.4. The van der Waals surface area contributed by atoms with Crippen LogP contribution in [0, 0.1) is 5.92 Å². The number of nitrogens with zero attached hydrogens (tertiary/aromatic N) is 1. The smallest absolute Gasteiger partial charge is 0.308 e. The number of amides is 1. The van der Waals surface area contributed by atoms with Crippen molar-refractivity contribution in [1.82, 2.24) is 4.90 Å². The first kappa shape index (κ1) is 16.8. The van der Waals surface area contributed by atoms with Gasteiger partial charge in [-0.3, -0.25) is 9.59 Å². The predicted octanol–water partition coefficient (Wildman–Crippen LogP) is 2.71. The SMILES string of the molecule is COc1ccc(Br)cc1CC(=O)N1CC(C(=O)O)CCC1C. The number of carbonyl (C=O) groups excluding carboxylic acids is 1. The minimum atomic E-state index is -0.829. The van der Waals surface area contributed by atoms with E-state index in [1.807, 2.05) is 25.1 Å². The molecule has 6 heteroatoms. The minimum Gasteiger partial charge on any atom is -0.496 e. The molecule has 1 fully saturated rings. The second kappa shape index (κ2) is 7.13. The average Bonchev–Trinajstić information content (AvgIpc) is 2.47. The number of benzene rings is 1. The first-order valence-electron chi connectivity index (χ1n) is 7.27. The Bertz CT molecular complexity index is 575. The van der Waals surface area contributed by atoms with Crippen LogP contribution in [0.3, 0.4) is 0 Å². The Morgan fingerprint density at radius 3 is 2.77 bits per heavy atom. The van der Waals surface area contributed by atoms with E-state index in [1.165, 1.54) is 0 Å². The molecule has 1 heterocycles. The lowest BCUT2D eigenvalue weighted by Gasteiger charge is -2.36. The summed E-state index contributed by atoms with van der Waals surface area (Å²) in [5.74, 6) is -0.694. The standard InChI is InChI=1S/C16H20BrNO4/c1-10-3-4-11(16(20)21)9-18(10)15(19)8-12-7-13(17)5-6-14(12)22-2/h5-7,10-11H,3-4,8-9H2,1-2H3,(H,20,21). The van der Waals surface area contributed by atoms with Gasteiger partial charge in [0.15, 0.2) is 0 Å². The van der Waals surface area contributed by atoms with Crippen molar-refractivity contribution in [3.63, 3.8) is 0 Å². The number of carboxylic acids is 1. The Kier molecular flexibility index (Phi) is 5.45. The number of hydrogen-bond acceptors (Lipinski definition) is 3. The second-order valence-electron chi connectivity index (χ2n) is 5.64. The van der Waals surface area contributed by atoms with Gasteiger partial charge >= 0.3 is 5.97 Å². The molecular formula is C16H20BrNO4. The molecule has 5 nitrogen and oxygen atoms in total. The van der Waals surface area contributed by atoms with Crippen molar-refractivity contribution >= 4 is 27.8 Å². The van der Waals surface area contributed by atoms with Crippen LogP contribution in [-0.2, 0) is 16.0 Å². The summed E-state index contributed by atoms with van der Waals surface area (Å²) in [6.45, 7) is 2.25. The lowest BCUT2D eigenvalue weighted by atomic mass is 9.93. The van der Waals surface area contributed by atoms with Crippen LogP contribution in [0.5, 0.6) is 5.75 Å². The zero-order valence-electron chi connectivity index (χ0n) is 12.7. The van der Waals surface area contributed by atoms with Gasteiger partial charge in [-0.2, -0.15) is 0 Å². The first-order valence-corrected chi connectivity index (χ1v) is 8.06. The third kappa shape index (κ3) is 3.80. The van der Waals surface area contributed by atoms with Gasteiger partial charge in [0.2, 0.25) is 5.91 Å². The molecule has 2 atom stereocenters. The zero-order valence-corrected chi connectivity index (χ0v) is 14.3. The van der Waals surface area contributed by atoms with Crippen LogP contribution in [0.15, 0.2) is 22.7 Å². The van der Waals surface area contributed by atoms with Crippen LogP contribution in [0.4, 0.5) is 0 Å². The first-order chi connectivity index (χ1) is 10.4. The van der Waals surface area contributed by atoms with E-state index in [-0.39, 0.29) is 24.9 Å². The summed E-state index contributed by atoms with van der Waals surface area (Å²) in [7, 11) is 1.57. The molecule has 2 unspecified atom stereocenters. The van der Waals surface area contributed by atoms with Gasteiger partial charge in [0.1, 0.15) is 5.75 Å². The maximum atomic E-state index is 12.6. The highest BCUT2D eigenvalue weighted by Gasteiger charge is 2.32. The summed E-state index contributed by atoms with van der Waals surface area (Å²) in [5, 5.41) is 9.17. The number of methoxy groups -OCH3 is 1. The minimum absolute atomic E-state index is 0.0603. The molecule has 1 aliphatic heterocycles. The van der Waals surface area contributed by atoms with Crippen LogP contribution in [0.25, 0.3) is 0 Å². The number of ether oxygens (including phenoxy) is 1. The van der Waals surface area contributed by atoms with Crippen molar-refractivity contribution in [1.29, 1.82) is 0 Å². The van der Waals surface area contributed by atoms with Gasteiger partial charge < -0.3 is 14.7 Å². The van der Waals surface area contributed by atoms with E-state index in [4.69, 9.17) is 9.84 Å². The lowest BCUT2D eigenvalue weighted by Crippen LogP contribution is -2.47. The van der Waals surface area contributed by atoms with Crippen LogP contribution < -0.4 is 4.74 Å². The Labute approximate surface area is 138 Å². The van der Waals surface area contributed by atoms with E-state index < -0.39 is 11.9 Å². The maximum Gasteiger partial charge on any atom is 0.308 e. The molecule has 1 aromatic carbocycles. The summed E-state index contributed by atoms with van der Waals surface area (Å²) in [6.07, 6.45) is 1.55. The van der Waals surface area contributed by atoms with Crippen molar-refractivity contribution in [2.24, 2.45) is 5.92 Å². The number of piperidine rings is 1. The topological polar surface area (TPSA) is 66.8 Å². The van der Waals surface area contributed by atoms with Gasteiger partial charge in [0.05, 0.1) is 19.4 Å². The Hall–Kier alpha value is -1.56. The quantitative estimate of drug-likeness (QED) is 0.885. The molecule has 1 N–H and O–H groups in total. The summed E-state index contributed by atoms with van der Waals surface area (Å²) >= 11 is 3.39. The number of rotatable bonds is 4. The van der Waals surface area contributed by atoms with Gasteiger partial charge in [0, 0.05) is 22.6 Å². The Morgan fingerprint density at radius 2 is 2.14 bits per heavy atom. The maximum absolute atomic E-state index is 12.6. The van der Waals surface area contributed by atoms with E-state index in [0.717, 1.165) is 16.5 Å².